The fourth-order valence-corrected chi connectivity index (χ4v) is 2.70. The van der Waals surface area contributed by atoms with E-state index in [1.807, 2.05) is 12.3 Å². The number of hydrogen-bond acceptors (Lipinski definition) is 6. The Morgan fingerprint density at radius 3 is 3.04 bits per heavy atom. The van der Waals surface area contributed by atoms with Gasteiger partial charge in [-0.25, -0.2) is 14.3 Å². The number of nitrogens with one attached hydrogen (secondary N) is 1. The molecule has 0 bridgehead atoms. The van der Waals surface area contributed by atoms with Gasteiger partial charge in [-0.1, -0.05) is 18.2 Å². The van der Waals surface area contributed by atoms with Crippen LogP contribution in [0.4, 0.5) is 0 Å². The molecule has 26 heavy (non-hydrogen) atoms. The van der Waals surface area contributed by atoms with Gasteiger partial charge in [-0.3, -0.25) is 4.79 Å². The molecule has 0 radical (unpaired) electrons. The number of carbonyl (C=O) groups is 1. The van der Waals surface area contributed by atoms with Gasteiger partial charge < -0.3 is 9.73 Å². The Kier molecular flexibility index (Phi) is 4.14. The van der Waals surface area contributed by atoms with E-state index < -0.39 is 11.5 Å². The van der Waals surface area contributed by atoms with Crippen molar-refractivity contribution in [1.82, 2.24) is 24.9 Å². The summed E-state index contributed by atoms with van der Waals surface area (Å²) in [5.41, 5.74) is 0.823. The molecule has 3 heterocycles. The second-order valence-electron chi connectivity index (χ2n) is 5.81. The van der Waals surface area contributed by atoms with E-state index in [0.29, 0.717) is 29.7 Å². The maximum Gasteiger partial charge on any atom is 0.349 e. The molecule has 0 atom stereocenters. The lowest BCUT2D eigenvalue weighted by Crippen LogP contribution is -2.29. The van der Waals surface area contributed by atoms with Crippen LogP contribution in [0.5, 0.6) is 0 Å². The molecule has 1 aromatic carbocycles. The van der Waals surface area contributed by atoms with Gasteiger partial charge in [-0.05, 0) is 30.5 Å². The number of nitrogens with zero attached hydrogens (tertiary/aromatic N) is 4. The third-order valence-corrected chi connectivity index (χ3v) is 4.00. The highest BCUT2D eigenvalue weighted by atomic mass is 16.4. The summed E-state index contributed by atoms with van der Waals surface area (Å²) in [6, 6.07) is 8.64. The van der Waals surface area contributed by atoms with Crippen LogP contribution in [0, 0.1) is 0 Å². The highest BCUT2D eigenvalue weighted by Gasteiger charge is 2.13. The quantitative estimate of drug-likeness (QED) is 0.434. The number of fused-ring (bicyclic) bond motifs is 2. The zero-order valence-corrected chi connectivity index (χ0v) is 13.8. The van der Waals surface area contributed by atoms with Gasteiger partial charge >= 0.3 is 5.63 Å². The molecule has 1 N–H and O–H groups in total. The van der Waals surface area contributed by atoms with Crippen LogP contribution >= 0.6 is 0 Å². The van der Waals surface area contributed by atoms with Crippen LogP contribution in [0.25, 0.3) is 16.7 Å². The monoisotopic (exact) mass is 349 g/mol. The lowest BCUT2D eigenvalue weighted by Gasteiger charge is -2.05. The van der Waals surface area contributed by atoms with E-state index in [2.05, 4.69) is 20.4 Å². The SMILES string of the molecule is O=C(NCCCc1cnc2ncnn2c1)c1cc2ccccc2oc1=O. The Labute approximate surface area is 147 Å². The van der Waals surface area contributed by atoms with Crippen molar-refractivity contribution in [2.45, 2.75) is 12.8 Å². The van der Waals surface area contributed by atoms with E-state index in [1.54, 1.807) is 35.0 Å². The van der Waals surface area contributed by atoms with Gasteiger partial charge in [0.1, 0.15) is 17.5 Å². The first-order chi connectivity index (χ1) is 12.7. The predicted octanol–water partition coefficient (Wildman–Crippen LogP) is 1.59. The van der Waals surface area contributed by atoms with Crippen LogP contribution in [0.3, 0.4) is 0 Å². The Bertz CT molecular complexity index is 1150. The van der Waals surface area contributed by atoms with Crippen LogP contribution < -0.4 is 10.9 Å². The lowest BCUT2D eigenvalue weighted by atomic mass is 10.1. The van der Waals surface area contributed by atoms with Crippen LogP contribution in [0.1, 0.15) is 22.3 Å². The third-order valence-electron chi connectivity index (χ3n) is 4.00. The van der Waals surface area contributed by atoms with Crippen molar-refractivity contribution in [3.05, 3.63) is 70.6 Å². The minimum absolute atomic E-state index is 0.00871. The number of amides is 1. The van der Waals surface area contributed by atoms with Crippen LogP contribution in [-0.2, 0) is 6.42 Å². The van der Waals surface area contributed by atoms with E-state index >= 15 is 0 Å². The number of aromatic nitrogens is 4. The summed E-state index contributed by atoms with van der Waals surface area (Å²) < 4.78 is 6.79. The Morgan fingerprint density at radius 1 is 1.23 bits per heavy atom. The predicted molar refractivity (Wildman–Crippen MR) is 93.9 cm³/mol. The van der Waals surface area contributed by atoms with E-state index in [9.17, 15) is 9.59 Å². The molecule has 0 aliphatic heterocycles. The van der Waals surface area contributed by atoms with Gasteiger partial charge in [0.2, 0.25) is 0 Å². The van der Waals surface area contributed by atoms with E-state index in [0.717, 1.165) is 12.0 Å². The van der Waals surface area contributed by atoms with Crippen molar-refractivity contribution in [3.8, 4) is 0 Å². The first kappa shape index (κ1) is 15.9. The minimum Gasteiger partial charge on any atom is -0.422 e. The number of hydrogen-bond donors (Lipinski definition) is 1. The van der Waals surface area contributed by atoms with Crippen molar-refractivity contribution >= 4 is 22.7 Å². The standard InChI is InChI=1S/C18H15N5O3/c24-16(14-8-13-5-1-2-6-15(13)26-17(14)25)19-7-3-4-12-9-20-18-21-11-22-23(18)10-12/h1-2,5-6,8-11H,3-4,7H2,(H,19,24). The summed E-state index contributed by atoms with van der Waals surface area (Å²) in [7, 11) is 0. The Hall–Kier alpha value is -3.55. The van der Waals surface area contributed by atoms with Gasteiger partial charge in [0.25, 0.3) is 11.7 Å². The van der Waals surface area contributed by atoms with Gasteiger partial charge in [0, 0.05) is 24.3 Å². The molecule has 0 aliphatic rings. The molecule has 3 aromatic heterocycles. The van der Waals surface area contributed by atoms with Crippen molar-refractivity contribution in [1.29, 1.82) is 0 Å². The van der Waals surface area contributed by atoms with E-state index in [-0.39, 0.29) is 5.56 Å². The molecule has 0 unspecified atom stereocenters. The molecular formula is C18H15N5O3. The smallest absolute Gasteiger partial charge is 0.349 e. The van der Waals surface area contributed by atoms with E-state index in [1.165, 1.54) is 6.33 Å². The second-order valence-corrected chi connectivity index (χ2v) is 5.81. The molecule has 8 heteroatoms. The summed E-state index contributed by atoms with van der Waals surface area (Å²) >= 11 is 0. The van der Waals surface area contributed by atoms with Gasteiger partial charge in [0.05, 0.1) is 0 Å². The van der Waals surface area contributed by atoms with Crippen LogP contribution in [0.2, 0.25) is 0 Å². The number of carbonyl (C=O) groups excluding carboxylic acids is 1. The van der Waals surface area contributed by atoms with Gasteiger partial charge in [-0.15, -0.1) is 0 Å². The molecule has 0 saturated heterocycles. The van der Waals surface area contributed by atoms with Gasteiger partial charge in [0.15, 0.2) is 0 Å². The molecule has 4 rings (SSSR count). The maximum absolute atomic E-state index is 12.3. The van der Waals surface area contributed by atoms with Crippen molar-refractivity contribution in [3.63, 3.8) is 0 Å². The zero-order chi connectivity index (χ0) is 17.9. The zero-order valence-electron chi connectivity index (χ0n) is 13.8. The largest absolute Gasteiger partial charge is 0.422 e. The fourth-order valence-electron chi connectivity index (χ4n) is 2.70. The second kappa shape index (κ2) is 6.75. The van der Waals surface area contributed by atoms with Crippen LogP contribution in [0.15, 0.2) is 58.3 Å². The summed E-state index contributed by atoms with van der Waals surface area (Å²) in [6.45, 7) is 0.431. The molecule has 8 nitrogen and oxygen atoms in total. The highest BCUT2D eigenvalue weighted by Crippen LogP contribution is 2.12. The summed E-state index contributed by atoms with van der Waals surface area (Å²) in [4.78, 5) is 32.4. The van der Waals surface area contributed by atoms with Gasteiger partial charge in [-0.2, -0.15) is 10.1 Å². The number of benzene rings is 1. The van der Waals surface area contributed by atoms with Crippen molar-refractivity contribution in [2.75, 3.05) is 6.54 Å². The Balaban J connectivity index is 1.38. The third kappa shape index (κ3) is 3.16. The van der Waals surface area contributed by atoms with Crippen molar-refractivity contribution < 1.29 is 9.21 Å². The number of rotatable bonds is 5. The summed E-state index contributed by atoms with van der Waals surface area (Å²) in [5.74, 6) is 0.111. The number of para-hydroxylation sites is 1. The topological polar surface area (TPSA) is 102 Å². The molecule has 0 fully saturated rings. The molecule has 130 valence electrons. The minimum atomic E-state index is -0.637. The average molecular weight is 349 g/mol. The molecule has 1 amide bonds. The molecule has 0 spiro atoms. The summed E-state index contributed by atoms with van der Waals surface area (Å²) in [5, 5.41) is 7.50. The average Bonchev–Trinajstić information content (AvgIpc) is 3.12. The first-order valence-corrected chi connectivity index (χ1v) is 8.16. The molecule has 4 aromatic rings. The maximum atomic E-state index is 12.3. The van der Waals surface area contributed by atoms with Crippen molar-refractivity contribution in [2.24, 2.45) is 0 Å². The highest BCUT2D eigenvalue weighted by molar-refractivity contribution is 5.96. The lowest BCUT2D eigenvalue weighted by molar-refractivity contribution is 0.0949. The summed E-state index contributed by atoms with van der Waals surface area (Å²) in [6.07, 6.45) is 6.46. The first-order valence-electron chi connectivity index (χ1n) is 8.16. The van der Waals surface area contributed by atoms with E-state index in [4.69, 9.17) is 4.42 Å². The fraction of sp³-hybridized carbons (Fsp3) is 0.167. The molecule has 0 saturated carbocycles. The molecule has 0 aliphatic carbocycles. The Morgan fingerprint density at radius 2 is 2.12 bits per heavy atom. The normalized spacial score (nSPS) is 11.1. The van der Waals surface area contributed by atoms with Crippen LogP contribution in [-0.4, -0.2) is 32.0 Å². The molecular weight excluding hydrogens is 334 g/mol. The number of aryl methyl sites for hydroxylation is 1.